The molecule has 7 heteroatoms. The van der Waals surface area contributed by atoms with Gasteiger partial charge in [0.1, 0.15) is 0 Å². The first-order chi connectivity index (χ1) is 14.1. The van der Waals surface area contributed by atoms with E-state index in [0.29, 0.717) is 45.1 Å². The van der Waals surface area contributed by atoms with Gasteiger partial charge in [-0.1, -0.05) is 49.6 Å². The Balaban J connectivity index is 1.31. The van der Waals surface area contributed by atoms with Crippen LogP contribution >= 0.6 is 0 Å². The fourth-order valence-electron chi connectivity index (χ4n) is 4.11. The number of hydrogen-bond acceptors (Lipinski definition) is 4. The molecule has 1 saturated heterocycles. The molecule has 2 aliphatic rings. The summed E-state index contributed by atoms with van der Waals surface area (Å²) in [6, 6.07) is 9.06. The summed E-state index contributed by atoms with van der Waals surface area (Å²) in [4.78, 5) is 40.4. The number of carbonyl (C=O) groups excluding carboxylic acids is 3. The van der Waals surface area contributed by atoms with Crippen molar-refractivity contribution in [1.29, 1.82) is 0 Å². The Labute approximate surface area is 172 Å². The maximum absolute atomic E-state index is 12.5. The molecule has 1 aliphatic heterocycles. The lowest BCUT2D eigenvalue weighted by Crippen LogP contribution is -2.52. The summed E-state index contributed by atoms with van der Waals surface area (Å²) in [7, 11) is 0. The minimum absolute atomic E-state index is 0.170. The molecule has 1 heterocycles. The van der Waals surface area contributed by atoms with Crippen LogP contribution in [0, 0.1) is 5.92 Å². The molecule has 1 aliphatic carbocycles. The summed E-state index contributed by atoms with van der Waals surface area (Å²) < 4.78 is 0. The Hall–Kier alpha value is -2.41. The average Bonchev–Trinajstić information content (AvgIpc) is 2.74. The molecule has 0 bridgehead atoms. The zero-order valence-corrected chi connectivity index (χ0v) is 17.1. The van der Waals surface area contributed by atoms with Crippen LogP contribution in [0.2, 0.25) is 0 Å². The van der Waals surface area contributed by atoms with Crippen molar-refractivity contribution >= 4 is 17.8 Å². The summed E-state index contributed by atoms with van der Waals surface area (Å²) >= 11 is 0. The third kappa shape index (κ3) is 7.16. The van der Waals surface area contributed by atoms with Gasteiger partial charge in [0.15, 0.2) is 0 Å². The first-order valence-corrected chi connectivity index (χ1v) is 10.7. The van der Waals surface area contributed by atoms with Gasteiger partial charge >= 0.3 is 6.03 Å². The lowest BCUT2D eigenvalue weighted by molar-refractivity contribution is -0.134. The summed E-state index contributed by atoms with van der Waals surface area (Å²) in [5.74, 6) is 0.480. The summed E-state index contributed by atoms with van der Waals surface area (Å²) in [6.07, 6.45) is 6.83. The second-order valence-electron chi connectivity index (χ2n) is 8.08. The van der Waals surface area contributed by atoms with Gasteiger partial charge < -0.3 is 10.2 Å². The molecule has 4 amide bonds. The normalized spacial score (nSPS) is 18.3. The molecule has 1 saturated carbocycles. The number of carbonyl (C=O) groups is 3. The summed E-state index contributed by atoms with van der Waals surface area (Å²) in [6.45, 7) is 3.17. The van der Waals surface area contributed by atoms with E-state index in [1.165, 1.54) is 32.1 Å². The number of hydrogen-bond donors (Lipinski definition) is 2. The zero-order valence-electron chi connectivity index (χ0n) is 17.1. The molecular weight excluding hydrogens is 368 g/mol. The smallest absolute Gasteiger partial charge is 0.321 e. The van der Waals surface area contributed by atoms with Crippen molar-refractivity contribution in [2.24, 2.45) is 5.92 Å². The Morgan fingerprint density at radius 3 is 2.31 bits per heavy atom. The fraction of sp³-hybridized carbons (Fsp3) is 0.591. The number of piperazine rings is 1. The number of imide groups is 1. The Morgan fingerprint density at radius 2 is 1.62 bits per heavy atom. The number of amides is 4. The Bertz CT molecular complexity index is 681. The second kappa shape index (κ2) is 11.0. The van der Waals surface area contributed by atoms with Crippen LogP contribution in [0.3, 0.4) is 0 Å². The molecule has 1 aromatic rings. The van der Waals surface area contributed by atoms with Crippen LogP contribution in [-0.4, -0.2) is 60.4 Å². The van der Waals surface area contributed by atoms with Gasteiger partial charge in [0.05, 0.1) is 6.54 Å². The van der Waals surface area contributed by atoms with Crippen LogP contribution in [0.25, 0.3) is 0 Å². The van der Waals surface area contributed by atoms with Crippen LogP contribution in [0.4, 0.5) is 4.79 Å². The van der Waals surface area contributed by atoms with Crippen LogP contribution < -0.4 is 10.6 Å². The molecule has 0 radical (unpaired) electrons. The number of urea groups is 1. The summed E-state index contributed by atoms with van der Waals surface area (Å²) in [5, 5.41) is 5.06. The van der Waals surface area contributed by atoms with Crippen molar-refractivity contribution in [3.8, 4) is 0 Å². The maximum Gasteiger partial charge on any atom is 0.321 e. The highest BCUT2D eigenvalue weighted by Crippen LogP contribution is 2.27. The van der Waals surface area contributed by atoms with Gasteiger partial charge in [0.25, 0.3) is 0 Å². The van der Waals surface area contributed by atoms with E-state index in [1.807, 2.05) is 40.1 Å². The third-order valence-electron chi connectivity index (χ3n) is 5.83. The third-order valence-corrected chi connectivity index (χ3v) is 5.83. The number of benzene rings is 1. The quantitative estimate of drug-likeness (QED) is 0.766. The van der Waals surface area contributed by atoms with Crippen molar-refractivity contribution in [2.45, 2.75) is 45.1 Å². The van der Waals surface area contributed by atoms with E-state index in [2.05, 4.69) is 10.6 Å². The molecule has 3 rings (SSSR count). The molecule has 0 aromatic heterocycles. The lowest BCUT2D eigenvalue weighted by atomic mass is 9.86. The van der Waals surface area contributed by atoms with E-state index in [1.54, 1.807) is 0 Å². The Morgan fingerprint density at radius 1 is 0.931 bits per heavy atom. The van der Waals surface area contributed by atoms with Crippen LogP contribution in [-0.2, 0) is 16.1 Å². The van der Waals surface area contributed by atoms with Gasteiger partial charge in [-0.15, -0.1) is 0 Å². The standard InChI is InChI=1S/C22H32N4O3/c27-20(24-22(29)23-16-19-9-5-2-6-10-19)17-25-11-13-26(14-12-25)21(28)15-18-7-3-1-4-8-18/h2,5-6,9-10,18H,1,3-4,7-8,11-17H2,(H2,23,24,27,29). The zero-order chi connectivity index (χ0) is 20.5. The minimum Gasteiger partial charge on any atom is -0.340 e. The molecule has 7 nitrogen and oxygen atoms in total. The van der Waals surface area contributed by atoms with Gasteiger partial charge in [-0.05, 0) is 24.3 Å². The molecule has 29 heavy (non-hydrogen) atoms. The monoisotopic (exact) mass is 400 g/mol. The predicted molar refractivity (Wildman–Crippen MR) is 111 cm³/mol. The number of nitrogens with zero attached hydrogens (tertiary/aromatic N) is 2. The van der Waals surface area contributed by atoms with Gasteiger partial charge in [0.2, 0.25) is 11.8 Å². The van der Waals surface area contributed by atoms with Gasteiger partial charge in [-0.25, -0.2) is 4.79 Å². The Kier molecular flexibility index (Phi) is 8.04. The molecule has 2 N–H and O–H groups in total. The van der Waals surface area contributed by atoms with Crippen LogP contribution in [0.15, 0.2) is 30.3 Å². The van der Waals surface area contributed by atoms with Crippen molar-refractivity contribution in [3.05, 3.63) is 35.9 Å². The minimum atomic E-state index is -0.486. The molecular formula is C22H32N4O3. The van der Waals surface area contributed by atoms with E-state index in [-0.39, 0.29) is 18.4 Å². The van der Waals surface area contributed by atoms with Crippen molar-refractivity contribution in [1.82, 2.24) is 20.4 Å². The van der Waals surface area contributed by atoms with E-state index < -0.39 is 6.03 Å². The van der Waals surface area contributed by atoms with Crippen molar-refractivity contribution in [2.75, 3.05) is 32.7 Å². The molecule has 2 fully saturated rings. The number of rotatable bonds is 6. The van der Waals surface area contributed by atoms with Gasteiger partial charge in [-0.2, -0.15) is 0 Å². The van der Waals surface area contributed by atoms with E-state index >= 15 is 0 Å². The SMILES string of the molecule is O=C(CN1CCN(C(=O)CC2CCCCC2)CC1)NC(=O)NCc1ccccc1. The van der Waals surface area contributed by atoms with Crippen molar-refractivity contribution < 1.29 is 14.4 Å². The van der Waals surface area contributed by atoms with Crippen LogP contribution in [0.5, 0.6) is 0 Å². The van der Waals surface area contributed by atoms with E-state index in [4.69, 9.17) is 0 Å². The highest BCUT2D eigenvalue weighted by molar-refractivity contribution is 5.95. The average molecular weight is 401 g/mol. The fourth-order valence-corrected chi connectivity index (χ4v) is 4.11. The molecule has 0 unspecified atom stereocenters. The predicted octanol–water partition coefficient (Wildman–Crippen LogP) is 2.13. The topological polar surface area (TPSA) is 81.8 Å². The van der Waals surface area contributed by atoms with Crippen molar-refractivity contribution in [3.63, 3.8) is 0 Å². The van der Waals surface area contributed by atoms with Gasteiger partial charge in [0, 0.05) is 39.1 Å². The van der Waals surface area contributed by atoms with E-state index in [9.17, 15) is 14.4 Å². The molecule has 0 spiro atoms. The highest BCUT2D eigenvalue weighted by atomic mass is 16.2. The second-order valence-corrected chi connectivity index (χ2v) is 8.08. The molecule has 1 aromatic carbocycles. The molecule has 158 valence electrons. The first kappa shape index (κ1) is 21.3. The van der Waals surface area contributed by atoms with Crippen LogP contribution in [0.1, 0.15) is 44.1 Å². The maximum atomic E-state index is 12.5. The first-order valence-electron chi connectivity index (χ1n) is 10.7. The lowest BCUT2D eigenvalue weighted by Gasteiger charge is -2.35. The van der Waals surface area contributed by atoms with E-state index in [0.717, 1.165) is 5.56 Å². The summed E-state index contributed by atoms with van der Waals surface area (Å²) in [5.41, 5.74) is 0.976. The molecule has 0 atom stereocenters. The van der Waals surface area contributed by atoms with Gasteiger partial charge in [-0.3, -0.25) is 19.8 Å². The highest BCUT2D eigenvalue weighted by Gasteiger charge is 2.25. The number of nitrogens with one attached hydrogen (secondary N) is 2. The largest absolute Gasteiger partial charge is 0.340 e.